The van der Waals surface area contributed by atoms with Gasteiger partial charge in [0.2, 0.25) is 5.91 Å². The van der Waals surface area contributed by atoms with Crippen LogP contribution in [0, 0.1) is 5.41 Å². The van der Waals surface area contributed by atoms with Crippen molar-refractivity contribution < 1.29 is 4.79 Å². The van der Waals surface area contributed by atoms with Crippen molar-refractivity contribution in [2.75, 3.05) is 0 Å². The molecule has 1 amide bonds. The molecule has 68 valence electrons. The maximum Gasteiger partial charge on any atom is 0.231 e. The summed E-state index contributed by atoms with van der Waals surface area (Å²) >= 11 is 5.71. The lowest BCUT2D eigenvalue weighted by Gasteiger charge is -2.21. The number of hydrogen-bond acceptors (Lipinski definition) is 1. The highest BCUT2D eigenvalue weighted by molar-refractivity contribution is 6.31. The fraction of sp³-hybridized carbons (Fsp3) is 0.667. The Balaban J connectivity index is 2.53. The molecular weight excluding hydrogens is 174 g/mol. The molecule has 1 fully saturated rings. The summed E-state index contributed by atoms with van der Waals surface area (Å²) < 4.78 is 0. The molecule has 0 aromatic rings. The summed E-state index contributed by atoms with van der Waals surface area (Å²) in [5.41, 5.74) is -0.649. The number of rotatable bonds is 3. The molecule has 1 N–H and O–H groups in total. The second kappa shape index (κ2) is 3.09. The maximum absolute atomic E-state index is 11.5. The van der Waals surface area contributed by atoms with Crippen LogP contribution in [0.1, 0.15) is 26.7 Å². The first-order valence-corrected chi connectivity index (χ1v) is 4.48. The van der Waals surface area contributed by atoms with Crippen LogP contribution >= 0.6 is 11.6 Å². The number of hydrogen-bond donors (Lipinski definition) is 1. The van der Waals surface area contributed by atoms with Gasteiger partial charge in [0, 0.05) is 11.1 Å². The highest BCUT2D eigenvalue weighted by Gasteiger charge is 2.34. The predicted molar refractivity (Wildman–Crippen MR) is 49.9 cm³/mol. The maximum atomic E-state index is 11.5. The van der Waals surface area contributed by atoms with Crippen LogP contribution in [0.25, 0.3) is 0 Å². The summed E-state index contributed by atoms with van der Waals surface area (Å²) in [5.74, 6) is -0.0231. The smallest absolute Gasteiger partial charge is 0.231 e. The molecule has 0 heterocycles. The van der Waals surface area contributed by atoms with Crippen molar-refractivity contribution in [1.29, 1.82) is 0 Å². The van der Waals surface area contributed by atoms with Crippen LogP contribution in [0.4, 0.5) is 0 Å². The highest BCUT2D eigenvalue weighted by Crippen LogP contribution is 2.29. The molecule has 1 aliphatic carbocycles. The van der Waals surface area contributed by atoms with E-state index >= 15 is 0 Å². The van der Waals surface area contributed by atoms with E-state index < -0.39 is 5.41 Å². The molecule has 0 saturated heterocycles. The number of halogens is 1. The Morgan fingerprint density at radius 3 is 2.42 bits per heavy atom. The third-order valence-corrected chi connectivity index (χ3v) is 2.63. The van der Waals surface area contributed by atoms with E-state index in [1.54, 1.807) is 13.8 Å². The van der Waals surface area contributed by atoms with Crippen LogP contribution in [0.3, 0.4) is 0 Å². The first kappa shape index (κ1) is 9.59. The Morgan fingerprint density at radius 2 is 2.08 bits per heavy atom. The van der Waals surface area contributed by atoms with Crippen LogP contribution in [0.2, 0.25) is 0 Å². The van der Waals surface area contributed by atoms with Crippen molar-refractivity contribution in [3.05, 3.63) is 11.6 Å². The summed E-state index contributed by atoms with van der Waals surface area (Å²) in [7, 11) is 0. The Hall–Kier alpha value is -0.500. The van der Waals surface area contributed by atoms with E-state index in [-0.39, 0.29) is 5.91 Å². The Kier molecular flexibility index (Phi) is 2.47. The second-order valence-electron chi connectivity index (χ2n) is 3.78. The molecule has 0 radical (unpaired) electrons. The van der Waals surface area contributed by atoms with Gasteiger partial charge >= 0.3 is 0 Å². The van der Waals surface area contributed by atoms with Crippen molar-refractivity contribution in [2.45, 2.75) is 32.7 Å². The summed E-state index contributed by atoms with van der Waals surface area (Å²) in [6.45, 7) is 7.14. The van der Waals surface area contributed by atoms with Gasteiger partial charge in [0.15, 0.2) is 0 Å². The Morgan fingerprint density at radius 1 is 1.58 bits per heavy atom. The van der Waals surface area contributed by atoms with Crippen LogP contribution < -0.4 is 5.32 Å². The number of carbonyl (C=O) groups is 1. The molecule has 0 spiro atoms. The van der Waals surface area contributed by atoms with Gasteiger partial charge in [-0.25, -0.2) is 0 Å². The van der Waals surface area contributed by atoms with E-state index in [4.69, 9.17) is 11.6 Å². The van der Waals surface area contributed by atoms with Crippen LogP contribution in [0.15, 0.2) is 11.6 Å². The SMILES string of the molecule is C=C(Cl)C(C)(C)C(=O)NC1CC1. The summed E-state index contributed by atoms with van der Waals surface area (Å²) in [4.78, 5) is 11.5. The number of nitrogens with one attached hydrogen (secondary N) is 1. The van der Waals surface area contributed by atoms with E-state index in [2.05, 4.69) is 11.9 Å². The molecule has 0 aromatic carbocycles. The van der Waals surface area contributed by atoms with Gasteiger partial charge in [-0.05, 0) is 26.7 Å². The molecule has 0 aliphatic heterocycles. The van der Waals surface area contributed by atoms with E-state index in [0.717, 1.165) is 12.8 Å². The van der Waals surface area contributed by atoms with Crippen molar-refractivity contribution in [1.82, 2.24) is 5.32 Å². The largest absolute Gasteiger partial charge is 0.353 e. The molecular formula is C9H14ClNO. The standard InChI is InChI=1S/C9H14ClNO/c1-6(10)9(2,3)8(12)11-7-4-5-7/h7H,1,4-5H2,2-3H3,(H,11,12). The van der Waals surface area contributed by atoms with E-state index in [1.165, 1.54) is 0 Å². The van der Waals surface area contributed by atoms with Gasteiger partial charge in [-0.3, -0.25) is 4.79 Å². The minimum atomic E-state index is -0.649. The van der Waals surface area contributed by atoms with Gasteiger partial charge in [-0.1, -0.05) is 18.2 Å². The average molecular weight is 188 g/mol. The van der Waals surface area contributed by atoms with Crippen LogP contribution in [0.5, 0.6) is 0 Å². The first-order valence-electron chi connectivity index (χ1n) is 4.10. The second-order valence-corrected chi connectivity index (χ2v) is 4.23. The zero-order chi connectivity index (χ0) is 9.35. The van der Waals surface area contributed by atoms with Crippen molar-refractivity contribution >= 4 is 17.5 Å². The third-order valence-electron chi connectivity index (χ3n) is 2.16. The monoisotopic (exact) mass is 187 g/mol. The lowest BCUT2D eigenvalue weighted by molar-refractivity contribution is -0.127. The highest BCUT2D eigenvalue weighted by atomic mass is 35.5. The number of amides is 1. The van der Waals surface area contributed by atoms with Crippen molar-refractivity contribution in [2.24, 2.45) is 5.41 Å². The van der Waals surface area contributed by atoms with Gasteiger partial charge in [0.05, 0.1) is 5.41 Å². The summed E-state index contributed by atoms with van der Waals surface area (Å²) in [6.07, 6.45) is 2.19. The molecule has 1 rings (SSSR count). The number of carbonyl (C=O) groups excluding carboxylic acids is 1. The van der Waals surface area contributed by atoms with E-state index in [1.807, 2.05) is 0 Å². The predicted octanol–water partition coefficient (Wildman–Crippen LogP) is 2.04. The lowest BCUT2D eigenvalue weighted by Crippen LogP contribution is -2.38. The van der Waals surface area contributed by atoms with E-state index in [0.29, 0.717) is 11.1 Å². The first-order chi connectivity index (χ1) is 5.44. The normalized spacial score (nSPS) is 17.2. The van der Waals surface area contributed by atoms with Gasteiger partial charge in [-0.2, -0.15) is 0 Å². The van der Waals surface area contributed by atoms with Crippen molar-refractivity contribution in [3.8, 4) is 0 Å². The molecule has 1 aliphatic rings. The zero-order valence-electron chi connectivity index (χ0n) is 7.48. The molecule has 0 aromatic heterocycles. The Labute approximate surface area is 78.0 Å². The topological polar surface area (TPSA) is 29.1 Å². The molecule has 12 heavy (non-hydrogen) atoms. The van der Waals surface area contributed by atoms with Crippen molar-refractivity contribution in [3.63, 3.8) is 0 Å². The molecule has 0 unspecified atom stereocenters. The van der Waals surface area contributed by atoms with Gasteiger partial charge in [0.1, 0.15) is 0 Å². The minimum absolute atomic E-state index is 0.0231. The fourth-order valence-corrected chi connectivity index (χ4v) is 0.802. The summed E-state index contributed by atoms with van der Waals surface area (Å²) in [6, 6.07) is 0.382. The molecule has 0 bridgehead atoms. The van der Waals surface area contributed by atoms with Crippen LogP contribution in [-0.2, 0) is 4.79 Å². The van der Waals surface area contributed by atoms with Crippen LogP contribution in [-0.4, -0.2) is 11.9 Å². The van der Waals surface area contributed by atoms with Gasteiger partial charge in [-0.15, -0.1) is 0 Å². The average Bonchev–Trinajstić information content (AvgIpc) is 2.71. The minimum Gasteiger partial charge on any atom is -0.353 e. The molecule has 3 heteroatoms. The van der Waals surface area contributed by atoms with Gasteiger partial charge < -0.3 is 5.32 Å². The molecule has 0 atom stereocenters. The fourth-order valence-electron chi connectivity index (χ4n) is 0.717. The quantitative estimate of drug-likeness (QED) is 0.720. The summed E-state index contributed by atoms with van der Waals surface area (Å²) in [5, 5.41) is 3.28. The lowest BCUT2D eigenvalue weighted by atomic mass is 9.92. The van der Waals surface area contributed by atoms with E-state index in [9.17, 15) is 4.79 Å². The zero-order valence-corrected chi connectivity index (χ0v) is 8.24. The van der Waals surface area contributed by atoms with Gasteiger partial charge in [0.25, 0.3) is 0 Å². The third kappa shape index (κ3) is 2.01. The molecule has 2 nitrogen and oxygen atoms in total. The molecule has 1 saturated carbocycles. The Bertz CT molecular complexity index is 219.